The normalized spacial score (nSPS) is 33.2. The van der Waals surface area contributed by atoms with Crippen molar-refractivity contribution in [2.45, 2.75) is 25.6 Å². The van der Waals surface area contributed by atoms with Crippen molar-refractivity contribution in [2.75, 3.05) is 17.5 Å². The van der Waals surface area contributed by atoms with Crippen LogP contribution in [-0.2, 0) is 0 Å². The van der Waals surface area contributed by atoms with E-state index in [0.29, 0.717) is 5.41 Å². The quantitative estimate of drug-likeness (QED) is 0.351. The van der Waals surface area contributed by atoms with E-state index in [4.69, 9.17) is 5.84 Å². The van der Waals surface area contributed by atoms with Crippen LogP contribution in [0, 0.1) is 5.41 Å². The number of halogens is 1. The second-order valence-corrected chi connectivity index (χ2v) is 4.68. The molecule has 2 nitrogen and oxygen atoms in total. The van der Waals surface area contributed by atoms with Crippen LogP contribution in [0.15, 0.2) is 0 Å². The fourth-order valence-electron chi connectivity index (χ4n) is 1.90. The first-order chi connectivity index (χ1) is 5.72. The summed E-state index contributed by atoms with van der Waals surface area (Å²) >= 11 is 2.50. The number of nitrogens with two attached hydrogens (primary N) is 1. The van der Waals surface area contributed by atoms with E-state index in [2.05, 4.69) is 30.4 Å². The van der Waals surface area contributed by atoms with Gasteiger partial charge >= 0.3 is 0 Å². The molecule has 0 aliphatic carbocycles. The molecule has 0 radical (unpaired) electrons. The monoisotopic (exact) mass is 280 g/mol. The van der Waals surface area contributed by atoms with Crippen LogP contribution in [0.3, 0.4) is 0 Å². The van der Waals surface area contributed by atoms with Gasteiger partial charge in [-0.2, -0.15) is 0 Å². The summed E-state index contributed by atoms with van der Waals surface area (Å²) in [6, 6.07) is 0. The van der Waals surface area contributed by atoms with Crippen molar-refractivity contribution in [1.29, 1.82) is 0 Å². The van der Waals surface area contributed by atoms with Gasteiger partial charge in [0.1, 0.15) is 7.85 Å². The van der Waals surface area contributed by atoms with Crippen LogP contribution in [-0.4, -0.2) is 30.4 Å². The third-order valence-electron chi connectivity index (χ3n) is 2.97. The van der Waals surface area contributed by atoms with Crippen molar-refractivity contribution in [3.63, 3.8) is 0 Å². The van der Waals surface area contributed by atoms with Crippen molar-refractivity contribution < 1.29 is 0 Å². The second kappa shape index (κ2) is 4.81. The van der Waals surface area contributed by atoms with Gasteiger partial charge in [-0.15, -0.1) is 0 Å². The molecule has 1 atom stereocenters. The fraction of sp³-hybridized carbons (Fsp3) is 1.00. The summed E-state index contributed by atoms with van der Waals surface area (Å²) in [6.07, 6.45) is 5.25. The molecule has 0 spiro atoms. The highest BCUT2D eigenvalue weighted by Crippen LogP contribution is 2.33. The van der Waals surface area contributed by atoms with Crippen molar-refractivity contribution in [2.24, 2.45) is 11.3 Å². The standard InChI is InChI=1S/C8H18BIN2/c9-5-8(6-10)3-1-2-4-12(11)7-8/h1-7,9,11H2. The lowest BCUT2D eigenvalue weighted by atomic mass is 9.74. The first kappa shape index (κ1) is 10.8. The van der Waals surface area contributed by atoms with E-state index in [1.165, 1.54) is 30.0 Å². The highest BCUT2D eigenvalue weighted by Gasteiger charge is 2.29. The first-order valence-corrected chi connectivity index (χ1v) is 6.30. The molecule has 1 saturated heterocycles. The molecule has 12 heavy (non-hydrogen) atoms. The Morgan fingerprint density at radius 2 is 2.25 bits per heavy atom. The average molecular weight is 280 g/mol. The smallest absolute Gasteiger partial charge is 0.102 e. The third kappa shape index (κ3) is 2.60. The molecular weight excluding hydrogens is 262 g/mol. The fourth-order valence-corrected chi connectivity index (χ4v) is 3.06. The van der Waals surface area contributed by atoms with Gasteiger partial charge in [-0.25, -0.2) is 5.01 Å². The van der Waals surface area contributed by atoms with Gasteiger partial charge in [0.05, 0.1) is 0 Å². The summed E-state index contributed by atoms with van der Waals surface area (Å²) in [4.78, 5) is 0. The summed E-state index contributed by atoms with van der Waals surface area (Å²) in [5, 5.41) is 2.01. The molecule has 70 valence electrons. The molecule has 0 saturated carbocycles. The largest absolute Gasteiger partial charge is 0.269 e. The van der Waals surface area contributed by atoms with E-state index in [9.17, 15) is 0 Å². The van der Waals surface area contributed by atoms with E-state index < -0.39 is 0 Å². The van der Waals surface area contributed by atoms with Crippen LogP contribution in [0.5, 0.6) is 0 Å². The zero-order valence-electron chi connectivity index (χ0n) is 7.85. The maximum Gasteiger partial charge on any atom is 0.102 e. The lowest BCUT2D eigenvalue weighted by molar-refractivity contribution is 0.206. The van der Waals surface area contributed by atoms with Crippen LogP contribution in [0.25, 0.3) is 0 Å². The maximum absolute atomic E-state index is 5.89. The Kier molecular flexibility index (Phi) is 4.33. The van der Waals surface area contributed by atoms with Crippen LogP contribution in [0.1, 0.15) is 19.3 Å². The topological polar surface area (TPSA) is 29.3 Å². The van der Waals surface area contributed by atoms with Crippen molar-refractivity contribution >= 4 is 30.4 Å². The molecule has 0 amide bonds. The SMILES string of the molecule is BCC1(CI)CCCCN(N)C1. The predicted octanol–water partition coefficient (Wildman–Crippen LogP) is 0.819. The number of nitrogens with zero attached hydrogens (tertiary/aromatic N) is 1. The highest BCUT2D eigenvalue weighted by atomic mass is 127. The molecule has 0 aromatic rings. The molecule has 4 heteroatoms. The minimum absolute atomic E-state index is 0.506. The van der Waals surface area contributed by atoms with Gasteiger partial charge in [-0.05, 0) is 18.3 Å². The molecule has 2 N–H and O–H groups in total. The lowest BCUT2D eigenvalue weighted by Gasteiger charge is -2.32. The Labute approximate surface area is 89.8 Å². The van der Waals surface area contributed by atoms with Crippen LogP contribution < -0.4 is 5.84 Å². The Bertz CT molecular complexity index is 139. The Balaban J connectivity index is 2.59. The molecule has 0 bridgehead atoms. The van der Waals surface area contributed by atoms with Gasteiger partial charge in [-0.3, -0.25) is 5.84 Å². The molecule has 0 aromatic heterocycles. The Morgan fingerprint density at radius 1 is 1.50 bits per heavy atom. The summed E-state index contributed by atoms with van der Waals surface area (Å²) in [5.41, 5.74) is 0.506. The van der Waals surface area contributed by atoms with E-state index in [1.807, 2.05) is 5.01 Å². The van der Waals surface area contributed by atoms with Crippen LogP contribution in [0.4, 0.5) is 0 Å². The number of hydrogen-bond donors (Lipinski definition) is 1. The molecule has 1 fully saturated rings. The van der Waals surface area contributed by atoms with Gasteiger partial charge < -0.3 is 0 Å². The number of rotatable bonds is 2. The van der Waals surface area contributed by atoms with Crippen LogP contribution in [0.2, 0.25) is 6.32 Å². The van der Waals surface area contributed by atoms with E-state index >= 15 is 0 Å². The summed E-state index contributed by atoms with van der Waals surface area (Å²) in [6.45, 7) is 2.17. The minimum atomic E-state index is 0.506. The zero-order valence-corrected chi connectivity index (χ0v) is 10.0. The van der Waals surface area contributed by atoms with Crippen molar-refractivity contribution in [1.82, 2.24) is 5.01 Å². The molecule has 0 aromatic carbocycles. The van der Waals surface area contributed by atoms with Crippen LogP contribution >= 0.6 is 22.6 Å². The molecule has 1 heterocycles. The van der Waals surface area contributed by atoms with Gasteiger partial charge in [0.15, 0.2) is 0 Å². The van der Waals surface area contributed by atoms with E-state index in [1.54, 1.807) is 0 Å². The van der Waals surface area contributed by atoms with Gasteiger partial charge in [0.25, 0.3) is 0 Å². The van der Waals surface area contributed by atoms with Crippen molar-refractivity contribution in [3.05, 3.63) is 0 Å². The maximum atomic E-state index is 5.89. The first-order valence-electron chi connectivity index (χ1n) is 4.78. The van der Waals surface area contributed by atoms with Gasteiger partial charge in [0, 0.05) is 17.5 Å². The molecule has 1 aliphatic heterocycles. The highest BCUT2D eigenvalue weighted by molar-refractivity contribution is 14.1. The Hall–Kier alpha value is 0.715. The molecular formula is C8H18BIN2. The second-order valence-electron chi connectivity index (χ2n) is 3.91. The molecule has 1 rings (SSSR count). The number of hydrogen-bond acceptors (Lipinski definition) is 2. The lowest BCUT2D eigenvalue weighted by Crippen LogP contribution is -2.41. The summed E-state index contributed by atoms with van der Waals surface area (Å²) in [7, 11) is 2.29. The number of hydrazine groups is 1. The zero-order chi connectivity index (χ0) is 9.03. The third-order valence-corrected chi connectivity index (χ3v) is 4.59. The Morgan fingerprint density at radius 3 is 2.83 bits per heavy atom. The van der Waals surface area contributed by atoms with Gasteiger partial charge in [-0.1, -0.05) is 35.3 Å². The van der Waals surface area contributed by atoms with Gasteiger partial charge in [0.2, 0.25) is 0 Å². The average Bonchev–Trinajstić information content (AvgIpc) is 2.28. The van der Waals surface area contributed by atoms with E-state index in [-0.39, 0.29) is 0 Å². The summed E-state index contributed by atoms with van der Waals surface area (Å²) in [5.74, 6) is 5.89. The minimum Gasteiger partial charge on any atom is -0.269 e. The van der Waals surface area contributed by atoms with Crippen molar-refractivity contribution in [3.8, 4) is 0 Å². The predicted molar refractivity (Wildman–Crippen MR) is 64.3 cm³/mol. The summed E-state index contributed by atoms with van der Waals surface area (Å²) < 4.78 is 1.25. The number of alkyl halides is 1. The molecule has 1 unspecified atom stereocenters. The van der Waals surface area contributed by atoms with E-state index in [0.717, 1.165) is 13.1 Å². The molecule has 1 aliphatic rings.